The Kier molecular flexibility index (Phi) is 5.05. The number of carboxylic acid groups (broad SMARTS) is 1. The molecule has 0 bridgehead atoms. The monoisotopic (exact) mass is 330 g/mol. The van der Waals surface area contributed by atoms with Gasteiger partial charge in [-0.3, -0.25) is 13.4 Å². The zero-order chi connectivity index (χ0) is 16.3. The van der Waals surface area contributed by atoms with Gasteiger partial charge in [0, 0.05) is 13.1 Å². The molecule has 0 atom stereocenters. The zero-order valence-corrected chi connectivity index (χ0v) is 13.5. The lowest BCUT2D eigenvalue weighted by molar-refractivity contribution is 0.0697. The van der Waals surface area contributed by atoms with E-state index in [1.54, 1.807) is 0 Å². The molecule has 7 nitrogen and oxygen atoms in total. The summed E-state index contributed by atoms with van der Waals surface area (Å²) in [6.07, 6.45) is 1.55. The molecule has 0 aliphatic carbocycles. The normalized spacial score (nSPS) is 18.6. The van der Waals surface area contributed by atoms with Crippen LogP contribution in [-0.2, 0) is 0 Å². The predicted octanol–water partition coefficient (Wildman–Crippen LogP) is 3.09. The maximum Gasteiger partial charge on any atom is 0.335 e. The maximum atomic E-state index is 11.3. The van der Waals surface area contributed by atoms with E-state index in [9.17, 15) is 19.0 Å². The number of aromatic carboxylic acids is 1. The van der Waals surface area contributed by atoms with E-state index in [0.717, 1.165) is 12.8 Å². The van der Waals surface area contributed by atoms with Gasteiger partial charge in [0.05, 0.1) is 24.1 Å². The SMILES string of the molecule is CCNc1cc(C(=O)O)cc(N2CCCCS2(O)O)c1OC. The first-order valence-electron chi connectivity index (χ1n) is 7.13. The summed E-state index contributed by atoms with van der Waals surface area (Å²) in [5, 5.41) is 12.3. The number of benzene rings is 1. The fourth-order valence-corrected chi connectivity index (χ4v) is 4.23. The number of nitrogens with zero attached hydrogens (tertiary/aromatic N) is 1. The van der Waals surface area contributed by atoms with Gasteiger partial charge in [-0.1, -0.05) is 0 Å². The summed E-state index contributed by atoms with van der Waals surface area (Å²) < 4.78 is 27.5. The minimum absolute atomic E-state index is 0.0764. The molecule has 0 aromatic heterocycles. The van der Waals surface area contributed by atoms with E-state index in [2.05, 4.69) is 5.32 Å². The van der Waals surface area contributed by atoms with Crippen LogP contribution in [0, 0.1) is 0 Å². The molecule has 2 rings (SSSR count). The number of rotatable bonds is 5. The van der Waals surface area contributed by atoms with E-state index >= 15 is 0 Å². The third-order valence-corrected chi connectivity index (χ3v) is 5.46. The highest BCUT2D eigenvalue weighted by Crippen LogP contribution is 2.53. The second-order valence-corrected chi connectivity index (χ2v) is 7.17. The van der Waals surface area contributed by atoms with Crippen LogP contribution in [0.3, 0.4) is 0 Å². The first-order chi connectivity index (χ1) is 10.4. The largest absolute Gasteiger partial charge is 0.492 e. The van der Waals surface area contributed by atoms with E-state index in [-0.39, 0.29) is 11.3 Å². The molecule has 0 spiro atoms. The van der Waals surface area contributed by atoms with Crippen molar-refractivity contribution in [1.29, 1.82) is 0 Å². The Morgan fingerprint density at radius 1 is 1.41 bits per heavy atom. The van der Waals surface area contributed by atoms with Crippen LogP contribution in [0.2, 0.25) is 0 Å². The Labute approximate surface area is 131 Å². The Morgan fingerprint density at radius 3 is 2.68 bits per heavy atom. The van der Waals surface area contributed by atoms with Crippen LogP contribution in [0.15, 0.2) is 12.1 Å². The molecule has 1 heterocycles. The van der Waals surface area contributed by atoms with Crippen molar-refractivity contribution in [2.45, 2.75) is 19.8 Å². The summed E-state index contributed by atoms with van der Waals surface area (Å²) in [6.45, 7) is 2.93. The third kappa shape index (κ3) is 3.23. The molecule has 124 valence electrons. The van der Waals surface area contributed by atoms with Crippen LogP contribution in [0.1, 0.15) is 30.1 Å². The van der Waals surface area contributed by atoms with Crippen molar-refractivity contribution in [3.8, 4) is 5.75 Å². The van der Waals surface area contributed by atoms with Gasteiger partial charge in [-0.15, -0.1) is 10.8 Å². The summed E-state index contributed by atoms with van der Waals surface area (Å²) in [7, 11) is -1.47. The molecule has 1 fully saturated rings. The molecule has 0 saturated carbocycles. The van der Waals surface area contributed by atoms with Gasteiger partial charge in [-0.05, 0) is 31.9 Å². The predicted molar refractivity (Wildman–Crippen MR) is 88.4 cm³/mol. The fourth-order valence-electron chi connectivity index (χ4n) is 2.54. The summed E-state index contributed by atoms with van der Waals surface area (Å²) in [5.41, 5.74) is 1.01. The maximum absolute atomic E-state index is 11.3. The summed E-state index contributed by atoms with van der Waals surface area (Å²) >= 11 is 0. The van der Waals surface area contributed by atoms with Gasteiger partial charge in [0.2, 0.25) is 0 Å². The van der Waals surface area contributed by atoms with Gasteiger partial charge in [0.1, 0.15) is 5.69 Å². The molecular weight excluding hydrogens is 308 g/mol. The minimum Gasteiger partial charge on any atom is -0.492 e. The number of hydrogen-bond donors (Lipinski definition) is 4. The number of carbonyl (C=O) groups is 1. The number of anilines is 2. The molecule has 8 heteroatoms. The first kappa shape index (κ1) is 16.7. The fraction of sp³-hybridized carbons (Fsp3) is 0.500. The highest BCUT2D eigenvalue weighted by atomic mass is 32.3. The lowest BCUT2D eigenvalue weighted by Crippen LogP contribution is -2.34. The number of ether oxygens (including phenoxy) is 1. The molecule has 4 N–H and O–H groups in total. The number of nitrogens with one attached hydrogen (secondary N) is 1. The van der Waals surface area contributed by atoms with E-state index in [4.69, 9.17) is 4.74 Å². The smallest absolute Gasteiger partial charge is 0.335 e. The van der Waals surface area contributed by atoms with Crippen LogP contribution in [0.5, 0.6) is 5.75 Å². The van der Waals surface area contributed by atoms with Gasteiger partial charge < -0.3 is 15.2 Å². The van der Waals surface area contributed by atoms with Crippen molar-refractivity contribution < 1.29 is 23.7 Å². The Bertz CT molecular complexity index is 564. The standard InChI is InChI=1S/C14H22N2O5S/c1-3-15-11-8-10(14(17)18)9-12(13(11)21-2)16-6-4-5-7-22(16,19)20/h8-9,15,19-20H,3-7H2,1-2H3,(H,17,18). The molecule has 1 aliphatic heterocycles. The Hall–Kier alpha value is -1.64. The van der Waals surface area contributed by atoms with Crippen molar-refractivity contribution in [2.24, 2.45) is 0 Å². The van der Waals surface area contributed by atoms with Crippen LogP contribution < -0.4 is 14.4 Å². The molecule has 1 aromatic rings. The van der Waals surface area contributed by atoms with Crippen LogP contribution in [0.4, 0.5) is 11.4 Å². The van der Waals surface area contributed by atoms with E-state index in [1.165, 1.54) is 23.5 Å². The summed E-state index contributed by atoms with van der Waals surface area (Å²) in [5.74, 6) is -0.366. The molecule has 1 saturated heterocycles. The van der Waals surface area contributed by atoms with Gasteiger partial charge >= 0.3 is 5.97 Å². The van der Waals surface area contributed by atoms with Crippen molar-refractivity contribution >= 4 is 28.1 Å². The second-order valence-electron chi connectivity index (χ2n) is 5.06. The lowest BCUT2D eigenvalue weighted by atomic mass is 10.1. The number of carboxylic acids is 1. The quantitative estimate of drug-likeness (QED) is 0.658. The molecule has 0 radical (unpaired) electrons. The zero-order valence-electron chi connectivity index (χ0n) is 12.7. The number of methoxy groups -OCH3 is 1. The van der Waals surface area contributed by atoms with E-state index in [1.807, 2.05) is 6.92 Å². The van der Waals surface area contributed by atoms with Crippen molar-refractivity contribution in [3.05, 3.63) is 17.7 Å². The third-order valence-electron chi connectivity index (χ3n) is 3.54. The van der Waals surface area contributed by atoms with Crippen LogP contribution in [0.25, 0.3) is 0 Å². The van der Waals surface area contributed by atoms with Gasteiger partial charge in [-0.2, -0.15) is 0 Å². The van der Waals surface area contributed by atoms with Gasteiger partial charge in [0.25, 0.3) is 0 Å². The molecule has 0 unspecified atom stereocenters. The Balaban J connectivity index is 2.58. The van der Waals surface area contributed by atoms with Crippen LogP contribution in [-0.4, -0.2) is 46.1 Å². The van der Waals surface area contributed by atoms with E-state index < -0.39 is 16.7 Å². The van der Waals surface area contributed by atoms with Gasteiger partial charge in [0.15, 0.2) is 5.75 Å². The Morgan fingerprint density at radius 2 is 2.14 bits per heavy atom. The molecule has 22 heavy (non-hydrogen) atoms. The van der Waals surface area contributed by atoms with Crippen LogP contribution >= 0.6 is 10.8 Å². The molecule has 0 amide bonds. The highest BCUT2D eigenvalue weighted by Gasteiger charge is 2.30. The van der Waals surface area contributed by atoms with Crippen molar-refractivity contribution in [2.75, 3.05) is 35.6 Å². The first-order valence-corrected chi connectivity index (χ1v) is 8.80. The minimum atomic E-state index is -2.95. The topological polar surface area (TPSA) is 102 Å². The second kappa shape index (κ2) is 6.64. The van der Waals surface area contributed by atoms with Gasteiger partial charge in [-0.25, -0.2) is 4.79 Å². The molecule has 1 aromatic carbocycles. The average Bonchev–Trinajstić information content (AvgIpc) is 2.46. The molecule has 1 aliphatic rings. The van der Waals surface area contributed by atoms with Crippen molar-refractivity contribution in [3.63, 3.8) is 0 Å². The van der Waals surface area contributed by atoms with Crippen molar-refractivity contribution in [1.82, 2.24) is 0 Å². The van der Waals surface area contributed by atoms with E-state index in [0.29, 0.717) is 30.2 Å². The molecular formula is C14H22N2O5S. The summed E-state index contributed by atoms with van der Waals surface area (Å²) in [6, 6.07) is 2.92. The number of hydrogen-bond acceptors (Lipinski definition) is 6. The highest BCUT2D eigenvalue weighted by molar-refractivity contribution is 8.25. The summed E-state index contributed by atoms with van der Waals surface area (Å²) in [4.78, 5) is 11.3. The average molecular weight is 330 g/mol. The lowest BCUT2D eigenvalue weighted by Gasteiger charge is -2.47.